The second-order valence-corrected chi connectivity index (χ2v) is 5.41. The third-order valence-electron chi connectivity index (χ3n) is 3.46. The number of aromatic carboxylic acids is 1. The molecule has 0 amide bonds. The summed E-state index contributed by atoms with van der Waals surface area (Å²) in [5.41, 5.74) is 7.65. The molecule has 0 spiro atoms. The van der Waals surface area contributed by atoms with E-state index >= 15 is 0 Å². The van der Waals surface area contributed by atoms with Crippen molar-refractivity contribution in [1.29, 1.82) is 0 Å². The Morgan fingerprint density at radius 1 is 1.22 bits per heavy atom. The van der Waals surface area contributed by atoms with Crippen LogP contribution >= 0.6 is 11.6 Å². The summed E-state index contributed by atoms with van der Waals surface area (Å²) in [5, 5.41) is 18.3. The minimum absolute atomic E-state index is 0.0632. The van der Waals surface area contributed by atoms with Gasteiger partial charge in [0.1, 0.15) is 5.69 Å². The number of rotatable bonds is 6. The maximum atomic E-state index is 10.9. The first-order chi connectivity index (χ1) is 10.9. The zero-order valence-electron chi connectivity index (χ0n) is 12.1. The summed E-state index contributed by atoms with van der Waals surface area (Å²) in [5.74, 6) is -2.36. The topological polar surface area (TPSA) is 114 Å². The predicted octanol–water partition coefficient (Wildman–Crippen LogP) is 2.62. The lowest BCUT2D eigenvalue weighted by Crippen LogP contribution is -2.16. The Bertz CT molecular complexity index is 731. The second kappa shape index (κ2) is 7.21. The molecule has 0 saturated heterocycles. The van der Waals surface area contributed by atoms with Gasteiger partial charge in [0, 0.05) is 28.3 Å². The van der Waals surface area contributed by atoms with Crippen molar-refractivity contribution in [2.45, 2.75) is 12.3 Å². The fourth-order valence-electron chi connectivity index (χ4n) is 2.25. The first-order valence-electron chi connectivity index (χ1n) is 6.83. The standard InChI is InChI=1S/C16H15ClN2O4/c17-13-3-1-9(11(7-18)6-15(20)21)5-12(13)10-2-4-14(16(22)23)19-8-10/h1-5,8,11H,6-7,18H2,(H,20,21)(H,22,23)/t11-/m0/s1. The molecule has 1 aromatic carbocycles. The van der Waals surface area contributed by atoms with Crippen molar-refractivity contribution in [3.8, 4) is 11.1 Å². The molecule has 2 aromatic rings. The highest BCUT2D eigenvalue weighted by Gasteiger charge is 2.16. The van der Waals surface area contributed by atoms with Crippen LogP contribution in [0.15, 0.2) is 36.5 Å². The average molecular weight is 335 g/mol. The minimum atomic E-state index is -1.11. The molecular weight excluding hydrogens is 320 g/mol. The van der Waals surface area contributed by atoms with Crippen LogP contribution in [0.2, 0.25) is 5.02 Å². The molecule has 0 aliphatic carbocycles. The predicted molar refractivity (Wildman–Crippen MR) is 85.7 cm³/mol. The molecule has 0 saturated carbocycles. The number of carboxylic acid groups (broad SMARTS) is 2. The summed E-state index contributed by atoms with van der Waals surface area (Å²) in [6.07, 6.45) is 1.34. The van der Waals surface area contributed by atoms with Crippen LogP contribution < -0.4 is 5.73 Å². The Balaban J connectivity index is 2.40. The SMILES string of the molecule is NC[C@H](CC(=O)O)c1ccc(Cl)c(-c2ccc(C(=O)O)nc2)c1. The van der Waals surface area contributed by atoms with Crippen LogP contribution in [0, 0.1) is 0 Å². The van der Waals surface area contributed by atoms with E-state index in [0.29, 0.717) is 16.1 Å². The second-order valence-electron chi connectivity index (χ2n) is 5.01. The van der Waals surface area contributed by atoms with Crippen molar-refractivity contribution >= 4 is 23.5 Å². The molecule has 2 rings (SSSR count). The quantitative estimate of drug-likeness (QED) is 0.748. The van der Waals surface area contributed by atoms with Crippen LogP contribution in [-0.2, 0) is 4.79 Å². The van der Waals surface area contributed by atoms with Gasteiger partial charge in [0.15, 0.2) is 0 Å². The van der Waals surface area contributed by atoms with Gasteiger partial charge in [-0.05, 0) is 30.3 Å². The normalized spacial score (nSPS) is 11.9. The maximum absolute atomic E-state index is 10.9. The van der Waals surface area contributed by atoms with Gasteiger partial charge in [0.05, 0.1) is 6.42 Å². The Kier molecular flexibility index (Phi) is 5.31. The number of pyridine rings is 1. The summed E-state index contributed by atoms with van der Waals surface area (Å²) < 4.78 is 0. The molecular formula is C16H15ClN2O4. The molecule has 0 radical (unpaired) electrons. The van der Waals surface area contributed by atoms with Gasteiger partial charge >= 0.3 is 11.9 Å². The Labute approximate surface area is 137 Å². The number of nitrogens with zero attached hydrogens (tertiary/aromatic N) is 1. The van der Waals surface area contributed by atoms with Gasteiger partial charge in [-0.15, -0.1) is 0 Å². The van der Waals surface area contributed by atoms with Gasteiger partial charge in [-0.25, -0.2) is 9.78 Å². The van der Waals surface area contributed by atoms with Crippen LogP contribution in [0.5, 0.6) is 0 Å². The lowest BCUT2D eigenvalue weighted by Gasteiger charge is -2.15. The smallest absolute Gasteiger partial charge is 0.354 e. The molecule has 0 aliphatic heterocycles. The number of carbonyl (C=O) groups is 2. The zero-order chi connectivity index (χ0) is 17.0. The van der Waals surface area contributed by atoms with E-state index < -0.39 is 11.9 Å². The highest BCUT2D eigenvalue weighted by molar-refractivity contribution is 6.33. The minimum Gasteiger partial charge on any atom is -0.481 e. The molecule has 1 aromatic heterocycles. The Hall–Kier alpha value is -2.44. The third-order valence-corrected chi connectivity index (χ3v) is 3.79. The van der Waals surface area contributed by atoms with Gasteiger partial charge in [-0.1, -0.05) is 23.7 Å². The highest BCUT2D eigenvalue weighted by atomic mass is 35.5. The van der Waals surface area contributed by atoms with E-state index in [4.69, 9.17) is 27.5 Å². The van der Waals surface area contributed by atoms with Crippen molar-refractivity contribution in [2.24, 2.45) is 5.73 Å². The Morgan fingerprint density at radius 3 is 2.48 bits per heavy atom. The summed E-state index contributed by atoms with van der Waals surface area (Å²) >= 11 is 6.20. The van der Waals surface area contributed by atoms with Crippen molar-refractivity contribution in [3.05, 3.63) is 52.8 Å². The average Bonchev–Trinajstić information content (AvgIpc) is 2.53. The number of hydrogen-bond donors (Lipinski definition) is 3. The van der Waals surface area contributed by atoms with E-state index in [1.807, 2.05) is 0 Å². The summed E-state index contributed by atoms with van der Waals surface area (Å²) in [4.78, 5) is 25.6. The molecule has 1 heterocycles. The number of aliphatic carboxylic acids is 1. The van der Waals surface area contributed by atoms with Crippen molar-refractivity contribution in [1.82, 2.24) is 4.98 Å². The number of hydrogen-bond acceptors (Lipinski definition) is 4. The van der Waals surface area contributed by atoms with E-state index in [0.717, 1.165) is 5.56 Å². The van der Waals surface area contributed by atoms with Gasteiger partial charge in [-0.3, -0.25) is 4.79 Å². The molecule has 0 aliphatic rings. The zero-order valence-corrected chi connectivity index (χ0v) is 12.8. The van der Waals surface area contributed by atoms with Gasteiger partial charge in [0.2, 0.25) is 0 Å². The fourth-order valence-corrected chi connectivity index (χ4v) is 2.47. The molecule has 1 atom stereocenters. The first-order valence-corrected chi connectivity index (χ1v) is 7.21. The maximum Gasteiger partial charge on any atom is 0.354 e. The van der Waals surface area contributed by atoms with Crippen LogP contribution in [0.1, 0.15) is 28.4 Å². The van der Waals surface area contributed by atoms with Crippen LogP contribution in [-0.4, -0.2) is 33.7 Å². The highest BCUT2D eigenvalue weighted by Crippen LogP contribution is 2.31. The summed E-state index contributed by atoms with van der Waals surface area (Å²) in [6, 6.07) is 8.17. The first kappa shape index (κ1) is 16.9. The van der Waals surface area contributed by atoms with E-state index in [1.165, 1.54) is 12.3 Å². The monoisotopic (exact) mass is 334 g/mol. The van der Waals surface area contributed by atoms with E-state index in [1.54, 1.807) is 24.3 Å². The lowest BCUT2D eigenvalue weighted by molar-refractivity contribution is -0.137. The molecule has 0 fully saturated rings. The van der Waals surface area contributed by atoms with Crippen LogP contribution in [0.3, 0.4) is 0 Å². The van der Waals surface area contributed by atoms with Crippen molar-refractivity contribution in [3.63, 3.8) is 0 Å². The molecule has 0 bridgehead atoms. The molecule has 0 unspecified atom stereocenters. The number of nitrogens with two attached hydrogens (primary N) is 1. The number of halogens is 1. The fraction of sp³-hybridized carbons (Fsp3) is 0.188. The van der Waals surface area contributed by atoms with Gasteiger partial charge in [0.25, 0.3) is 0 Å². The summed E-state index contributed by atoms with van der Waals surface area (Å²) in [7, 11) is 0. The van der Waals surface area contributed by atoms with Crippen LogP contribution in [0.25, 0.3) is 11.1 Å². The lowest BCUT2D eigenvalue weighted by atomic mass is 9.93. The number of aromatic nitrogens is 1. The van der Waals surface area contributed by atoms with E-state index in [2.05, 4.69) is 4.98 Å². The molecule has 4 N–H and O–H groups in total. The molecule has 120 valence electrons. The van der Waals surface area contributed by atoms with Crippen LogP contribution in [0.4, 0.5) is 0 Å². The van der Waals surface area contributed by atoms with E-state index in [9.17, 15) is 9.59 Å². The molecule has 7 heteroatoms. The Morgan fingerprint density at radius 2 is 1.96 bits per heavy atom. The molecule has 6 nitrogen and oxygen atoms in total. The van der Waals surface area contributed by atoms with E-state index in [-0.39, 0.29) is 24.6 Å². The number of carboxylic acids is 2. The van der Waals surface area contributed by atoms with Gasteiger partial charge < -0.3 is 15.9 Å². The molecule has 23 heavy (non-hydrogen) atoms. The number of benzene rings is 1. The third kappa shape index (κ3) is 4.06. The van der Waals surface area contributed by atoms with Gasteiger partial charge in [-0.2, -0.15) is 0 Å². The van der Waals surface area contributed by atoms with Crippen molar-refractivity contribution < 1.29 is 19.8 Å². The largest absolute Gasteiger partial charge is 0.481 e. The summed E-state index contributed by atoms with van der Waals surface area (Å²) in [6.45, 7) is 0.198. The van der Waals surface area contributed by atoms with Crippen molar-refractivity contribution in [2.75, 3.05) is 6.54 Å².